The summed E-state index contributed by atoms with van der Waals surface area (Å²) in [5.74, 6) is 0.926. The number of hydrogen-bond donors (Lipinski definition) is 2. The highest BCUT2D eigenvalue weighted by Crippen LogP contribution is 2.42. The SMILES string of the molecule is COc1ccc(C(OC[C@H]2O[C@@H](n3cnc4c(N)nc(Cl)nc43)C[C@@H]2O)(c2ccccc2)c2ccccc2)cc1. The maximum atomic E-state index is 11.1. The standard InChI is InChI=1S/C30H28ClN5O4/c1-38-22-14-12-21(13-15-22)30(19-8-4-2-5-9-19,20-10-6-3-7-11-20)39-17-24-23(37)16-25(40-24)36-18-33-26-27(32)34-29(31)35-28(26)36/h2-15,18,23-25,37H,16-17H2,1H3,(H2,32,34,35)/t23-,24+,25+/m0/s1. The van der Waals surface area contributed by atoms with Crippen molar-refractivity contribution in [2.75, 3.05) is 19.5 Å². The van der Waals surface area contributed by atoms with Crippen molar-refractivity contribution < 1.29 is 19.3 Å². The van der Waals surface area contributed by atoms with Crippen molar-refractivity contribution in [3.63, 3.8) is 0 Å². The van der Waals surface area contributed by atoms with Gasteiger partial charge in [-0.3, -0.25) is 4.57 Å². The molecule has 1 fully saturated rings. The van der Waals surface area contributed by atoms with Gasteiger partial charge in [-0.2, -0.15) is 9.97 Å². The zero-order valence-electron chi connectivity index (χ0n) is 21.7. The summed E-state index contributed by atoms with van der Waals surface area (Å²) in [4.78, 5) is 12.6. The third-order valence-corrected chi connectivity index (χ3v) is 7.43. The van der Waals surface area contributed by atoms with Gasteiger partial charge in [0.05, 0.1) is 26.1 Å². The molecular formula is C30H28ClN5O4. The van der Waals surface area contributed by atoms with Crippen molar-refractivity contribution in [2.24, 2.45) is 0 Å². The number of hydrogen-bond acceptors (Lipinski definition) is 8. The molecule has 1 aliphatic rings. The Morgan fingerprint density at radius 1 is 0.975 bits per heavy atom. The Kier molecular flexibility index (Phi) is 7.12. The fraction of sp³-hybridized carbons (Fsp3) is 0.233. The van der Waals surface area contributed by atoms with E-state index in [0.717, 1.165) is 22.4 Å². The van der Waals surface area contributed by atoms with Gasteiger partial charge in [0, 0.05) is 6.42 Å². The Balaban J connectivity index is 1.35. The molecule has 9 nitrogen and oxygen atoms in total. The topological polar surface area (TPSA) is 118 Å². The van der Waals surface area contributed by atoms with E-state index in [9.17, 15) is 5.11 Å². The molecule has 0 radical (unpaired) electrons. The van der Waals surface area contributed by atoms with Gasteiger partial charge in [-0.15, -0.1) is 0 Å². The number of fused-ring (bicyclic) bond motifs is 1. The van der Waals surface area contributed by atoms with Crippen LogP contribution in [0.4, 0.5) is 5.82 Å². The van der Waals surface area contributed by atoms with Gasteiger partial charge in [0.2, 0.25) is 5.28 Å². The fourth-order valence-corrected chi connectivity index (χ4v) is 5.46. The first-order chi connectivity index (χ1) is 19.5. The summed E-state index contributed by atoms with van der Waals surface area (Å²) in [7, 11) is 1.64. The number of nitrogens with two attached hydrogens (primary N) is 1. The van der Waals surface area contributed by atoms with Gasteiger partial charge in [0.15, 0.2) is 11.5 Å². The summed E-state index contributed by atoms with van der Waals surface area (Å²) >= 11 is 6.05. The molecule has 0 unspecified atom stereocenters. The first-order valence-corrected chi connectivity index (χ1v) is 13.3. The van der Waals surface area contributed by atoms with E-state index in [2.05, 4.69) is 15.0 Å². The molecule has 3 N–H and O–H groups in total. The summed E-state index contributed by atoms with van der Waals surface area (Å²) in [6.45, 7) is 0.109. The Labute approximate surface area is 236 Å². The van der Waals surface area contributed by atoms with Gasteiger partial charge in [-0.1, -0.05) is 72.8 Å². The number of imidazole rings is 1. The molecule has 10 heteroatoms. The molecule has 3 aromatic carbocycles. The maximum absolute atomic E-state index is 11.1. The lowest BCUT2D eigenvalue weighted by Gasteiger charge is -2.37. The van der Waals surface area contributed by atoms with Gasteiger partial charge in [-0.05, 0) is 40.4 Å². The molecule has 1 saturated heterocycles. The van der Waals surface area contributed by atoms with E-state index in [1.165, 1.54) is 0 Å². The first-order valence-electron chi connectivity index (χ1n) is 12.9. The average Bonchev–Trinajstić information content (AvgIpc) is 3.58. The number of benzene rings is 3. The van der Waals surface area contributed by atoms with Crippen LogP contribution in [-0.2, 0) is 15.1 Å². The molecule has 0 aliphatic carbocycles. The van der Waals surface area contributed by atoms with Crippen LogP contribution in [0.2, 0.25) is 5.28 Å². The van der Waals surface area contributed by atoms with Gasteiger partial charge < -0.3 is 25.1 Å². The van der Waals surface area contributed by atoms with Gasteiger partial charge in [0.1, 0.15) is 29.2 Å². The van der Waals surface area contributed by atoms with Crippen LogP contribution in [-0.4, -0.2) is 50.6 Å². The van der Waals surface area contributed by atoms with Crippen LogP contribution < -0.4 is 10.5 Å². The number of rotatable bonds is 8. The molecule has 0 amide bonds. The minimum absolute atomic E-state index is 0.0141. The minimum atomic E-state index is -0.979. The largest absolute Gasteiger partial charge is 0.497 e. The van der Waals surface area contributed by atoms with Gasteiger partial charge >= 0.3 is 0 Å². The predicted octanol–water partition coefficient (Wildman–Crippen LogP) is 4.73. The first kappa shape index (κ1) is 26.2. The summed E-state index contributed by atoms with van der Waals surface area (Å²) in [5.41, 5.74) is 8.66. The van der Waals surface area contributed by atoms with Crippen molar-refractivity contribution in [3.8, 4) is 5.75 Å². The van der Waals surface area contributed by atoms with E-state index in [-0.39, 0.29) is 17.7 Å². The molecule has 0 saturated carbocycles. The highest BCUT2D eigenvalue weighted by atomic mass is 35.5. The second kappa shape index (κ2) is 10.9. The summed E-state index contributed by atoms with van der Waals surface area (Å²) < 4.78 is 20.3. The second-order valence-electron chi connectivity index (χ2n) is 9.59. The van der Waals surface area contributed by atoms with E-state index < -0.39 is 24.0 Å². The fourth-order valence-electron chi connectivity index (χ4n) is 5.29. The number of methoxy groups -OCH3 is 1. The molecule has 0 bridgehead atoms. The Morgan fingerprint density at radius 3 is 2.23 bits per heavy atom. The minimum Gasteiger partial charge on any atom is -0.497 e. The normalized spacial score (nSPS) is 19.2. The summed E-state index contributed by atoms with van der Waals surface area (Å²) in [5, 5.41) is 11.1. The number of aliphatic hydroxyl groups excluding tert-OH is 1. The lowest BCUT2D eigenvalue weighted by atomic mass is 9.80. The predicted molar refractivity (Wildman–Crippen MR) is 151 cm³/mol. The summed E-state index contributed by atoms with van der Waals surface area (Å²) in [6, 6.07) is 27.9. The lowest BCUT2D eigenvalue weighted by Crippen LogP contribution is -2.38. The summed E-state index contributed by atoms with van der Waals surface area (Å²) in [6.07, 6.45) is -0.0719. The van der Waals surface area contributed by atoms with Crippen LogP contribution in [0.25, 0.3) is 11.2 Å². The number of nitrogen functional groups attached to an aromatic ring is 1. The molecule has 2 aromatic heterocycles. The van der Waals surface area contributed by atoms with E-state index in [1.807, 2.05) is 84.9 Å². The van der Waals surface area contributed by atoms with Crippen molar-refractivity contribution in [1.29, 1.82) is 0 Å². The van der Waals surface area contributed by atoms with Crippen molar-refractivity contribution in [1.82, 2.24) is 19.5 Å². The highest BCUT2D eigenvalue weighted by Gasteiger charge is 2.42. The average molecular weight is 558 g/mol. The number of aliphatic hydroxyl groups is 1. The van der Waals surface area contributed by atoms with Gasteiger partial charge in [0.25, 0.3) is 0 Å². The Morgan fingerprint density at radius 2 is 1.60 bits per heavy atom. The number of anilines is 1. The van der Waals surface area contributed by atoms with Crippen LogP contribution in [0.5, 0.6) is 5.75 Å². The van der Waals surface area contributed by atoms with Gasteiger partial charge in [-0.25, -0.2) is 4.98 Å². The molecular weight excluding hydrogens is 530 g/mol. The Bertz CT molecular complexity index is 1560. The molecule has 0 spiro atoms. The van der Waals surface area contributed by atoms with E-state index in [1.54, 1.807) is 18.0 Å². The van der Waals surface area contributed by atoms with Crippen LogP contribution >= 0.6 is 11.6 Å². The van der Waals surface area contributed by atoms with Crippen molar-refractivity contribution >= 4 is 28.6 Å². The molecule has 1 aliphatic heterocycles. The lowest BCUT2D eigenvalue weighted by molar-refractivity contribution is -0.0930. The highest BCUT2D eigenvalue weighted by molar-refractivity contribution is 6.28. The number of aromatic nitrogens is 4. The van der Waals surface area contributed by atoms with Crippen LogP contribution in [0.3, 0.4) is 0 Å². The molecule has 6 rings (SSSR count). The number of nitrogens with zero attached hydrogens (tertiary/aromatic N) is 4. The second-order valence-corrected chi connectivity index (χ2v) is 9.92. The molecule has 204 valence electrons. The quantitative estimate of drug-likeness (QED) is 0.208. The van der Waals surface area contributed by atoms with Crippen LogP contribution in [0.15, 0.2) is 91.3 Å². The smallest absolute Gasteiger partial charge is 0.226 e. The van der Waals surface area contributed by atoms with E-state index in [4.69, 9.17) is 31.5 Å². The van der Waals surface area contributed by atoms with E-state index in [0.29, 0.717) is 17.6 Å². The third kappa shape index (κ3) is 4.67. The third-order valence-electron chi connectivity index (χ3n) is 7.26. The van der Waals surface area contributed by atoms with Crippen LogP contribution in [0.1, 0.15) is 29.3 Å². The molecule has 40 heavy (non-hydrogen) atoms. The number of halogens is 1. The number of ether oxygens (including phenoxy) is 3. The zero-order chi connectivity index (χ0) is 27.7. The monoisotopic (exact) mass is 557 g/mol. The van der Waals surface area contributed by atoms with Crippen molar-refractivity contribution in [3.05, 3.63) is 113 Å². The maximum Gasteiger partial charge on any atom is 0.226 e. The molecule has 3 heterocycles. The van der Waals surface area contributed by atoms with Crippen molar-refractivity contribution in [2.45, 2.75) is 30.5 Å². The molecule has 5 aromatic rings. The molecule has 3 atom stereocenters. The zero-order valence-corrected chi connectivity index (χ0v) is 22.5. The van der Waals surface area contributed by atoms with E-state index >= 15 is 0 Å². The Hall–Kier alpha value is -4.02. The van der Waals surface area contributed by atoms with Crippen LogP contribution in [0, 0.1) is 0 Å².